The van der Waals surface area contributed by atoms with Crippen LogP contribution in [-0.4, -0.2) is 38.6 Å². The molecule has 0 saturated carbocycles. The SMILES string of the molecule is Cn1nnc(CC(N)C(C(F)(F)F)C(F)(F)F)n1. The average Bonchev–Trinajstić information content (AvgIpc) is 2.44. The van der Waals surface area contributed by atoms with Crippen LogP contribution in [0.5, 0.6) is 0 Å². The number of nitrogens with two attached hydrogens (primary N) is 1. The van der Waals surface area contributed by atoms with Crippen LogP contribution in [0.25, 0.3) is 0 Å². The second kappa shape index (κ2) is 4.71. The summed E-state index contributed by atoms with van der Waals surface area (Å²) in [6.07, 6.45) is -11.7. The van der Waals surface area contributed by atoms with Crippen LogP contribution in [0.1, 0.15) is 5.82 Å². The van der Waals surface area contributed by atoms with E-state index in [0.717, 1.165) is 4.80 Å². The number of halogens is 6. The van der Waals surface area contributed by atoms with Gasteiger partial charge in [-0.25, -0.2) is 0 Å². The molecular formula is C7H9F6N5. The van der Waals surface area contributed by atoms with Gasteiger partial charge in [0.1, 0.15) is 0 Å². The highest BCUT2D eigenvalue weighted by Crippen LogP contribution is 2.41. The summed E-state index contributed by atoms with van der Waals surface area (Å²) in [5.41, 5.74) is 4.97. The van der Waals surface area contributed by atoms with Crippen molar-refractivity contribution in [1.82, 2.24) is 20.2 Å². The smallest absolute Gasteiger partial charge is 0.326 e. The van der Waals surface area contributed by atoms with E-state index in [1.165, 1.54) is 7.05 Å². The monoisotopic (exact) mass is 277 g/mol. The summed E-state index contributed by atoms with van der Waals surface area (Å²) in [5, 5.41) is 10.1. The maximum absolute atomic E-state index is 12.3. The molecule has 18 heavy (non-hydrogen) atoms. The first-order valence-electron chi connectivity index (χ1n) is 4.63. The van der Waals surface area contributed by atoms with Crippen molar-refractivity contribution in [2.24, 2.45) is 18.7 Å². The van der Waals surface area contributed by atoms with Crippen LogP contribution in [0.15, 0.2) is 0 Å². The Morgan fingerprint density at radius 2 is 1.67 bits per heavy atom. The van der Waals surface area contributed by atoms with Gasteiger partial charge in [0.2, 0.25) is 0 Å². The summed E-state index contributed by atoms with van der Waals surface area (Å²) in [5.74, 6) is -3.89. The summed E-state index contributed by atoms with van der Waals surface area (Å²) in [6, 6.07) is -2.21. The van der Waals surface area contributed by atoms with E-state index >= 15 is 0 Å². The lowest BCUT2D eigenvalue weighted by atomic mass is 9.96. The highest BCUT2D eigenvalue weighted by Gasteiger charge is 2.59. The fourth-order valence-electron chi connectivity index (χ4n) is 1.40. The molecular weight excluding hydrogens is 268 g/mol. The lowest BCUT2D eigenvalue weighted by Crippen LogP contribution is -2.49. The maximum atomic E-state index is 12.3. The summed E-state index contributed by atoms with van der Waals surface area (Å²) in [6.45, 7) is 0. The topological polar surface area (TPSA) is 69.6 Å². The first-order chi connectivity index (χ1) is 8.01. The zero-order valence-electron chi connectivity index (χ0n) is 9.00. The molecule has 0 aliphatic heterocycles. The number of tetrazole rings is 1. The number of nitrogens with zero attached hydrogens (tertiary/aromatic N) is 4. The van der Waals surface area contributed by atoms with E-state index < -0.39 is 30.7 Å². The molecule has 11 heteroatoms. The van der Waals surface area contributed by atoms with E-state index in [0.29, 0.717) is 0 Å². The van der Waals surface area contributed by atoms with Crippen LogP contribution in [0, 0.1) is 5.92 Å². The zero-order valence-corrected chi connectivity index (χ0v) is 9.00. The Balaban J connectivity index is 2.87. The Hall–Kier alpha value is -1.39. The third kappa shape index (κ3) is 3.55. The minimum absolute atomic E-state index is 0.275. The third-order valence-electron chi connectivity index (χ3n) is 2.10. The van der Waals surface area contributed by atoms with Gasteiger partial charge in [-0.05, 0) is 5.21 Å². The van der Waals surface area contributed by atoms with Crippen LogP contribution < -0.4 is 5.73 Å². The first-order valence-corrected chi connectivity index (χ1v) is 4.63. The normalized spacial score (nSPS) is 15.2. The number of rotatable bonds is 3. The van der Waals surface area contributed by atoms with E-state index in [1.807, 2.05) is 0 Å². The molecule has 0 aromatic carbocycles. The maximum Gasteiger partial charge on any atom is 0.402 e. The summed E-state index contributed by atoms with van der Waals surface area (Å²) < 4.78 is 73.9. The molecule has 1 aromatic heterocycles. The highest BCUT2D eigenvalue weighted by atomic mass is 19.4. The molecule has 0 radical (unpaired) electrons. The number of aromatic nitrogens is 4. The second-order valence-electron chi connectivity index (χ2n) is 3.62. The Bertz CT molecular complexity index is 382. The zero-order chi connectivity index (χ0) is 14.1. The lowest BCUT2D eigenvalue weighted by Gasteiger charge is -2.27. The first kappa shape index (κ1) is 14.7. The van der Waals surface area contributed by atoms with Gasteiger partial charge in [-0.1, -0.05) is 0 Å². The van der Waals surface area contributed by atoms with E-state index in [2.05, 4.69) is 15.4 Å². The summed E-state index contributed by atoms with van der Waals surface area (Å²) in [7, 11) is 1.33. The van der Waals surface area contributed by atoms with Crippen molar-refractivity contribution in [3.05, 3.63) is 5.82 Å². The van der Waals surface area contributed by atoms with Gasteiger partial charge in [0.25, 0.3) is 0 Å². The van der Waals surface area contributed by atoms with Crippen LogP contribution in [0.2, 0.25) is 0 Å². The molecule has 0 amide bonds. The molecule has 0 bridgehead atoms. The van der Waals surface area contributed by atoms with E-state index in [1.54, 1.807) is 0 Å². The summed E-state index contributed by atoms with van der Waals surface area (Å²) in [4.78, 5) is 0.915. The Kier molecular flexibility index (Phi) is 3.84. The molecule has 0 spiro atoms. The third-order valence-corrected chi connectivity index (χ3v) is 2.10. The Morgan fingerprint density at radius 1 is 1.17 bits per heavy atom. The van der Waals surface area contributed by atoms with Crippen molar-refractivity contribution >= 4 is 0 Å². The van der Waals surface area contributed by atoms with Gasteiger partial charge in [0, 0.05) is 12.5 Å². The quantitative estimate of drug-likeness (QED) is 0.830. The summed E-state index contributed by atoms with van der Waals surface area (Å²) >= 11 is 0. The van der Waals surface area contributed by atoms with Gasteiger partial charge in [-0.2, -0.15) is 31.1 Å². The molecule has 0 fully saturated rings. The molecule has 2 N–H and O–H groups in total. The molecule has 1 atom stereocenters. The number of alkyl halides is 6. The van der Waals surface area contributed by atoms with Crippen molar-refractivity contribution in [1.29, 1.82) is 0 Å². The predicted molar refractivity (Wildman–Crippen MR) is 46.1 cm³/mol. The van der Waals surface area contributed by atoms with E-state index in [-0.39, 0.29) is 5.82 Å². The number of hydrogen-bond acceptors (Lipinski definition) is 4. The lowest BCUT2D eigenvalue weighted by molar-refractivity contribution is -0.289. The largest absolute Gasteiger partial charge is 0.402 e. The standard InChI is InChI=1S/C7H9F6N5/c1-18-16-4(15-17-18)2-3(14)5(6(8,9)10)7(11,12)13/h3,5H,2,14H2,1H3. The Morgan fingerprint density at radius 3 is 2.00 bits per heavy atom. The van der Waals surface area contributed by atoms with Crippen LogP contribution >= 0.6 is 0 Å². The van der Waals surface area contributed by atoms with Crippen LogP contribution in [0.4, 0.5) is 26.3 Å². The fourth-order valence-corrected chi connectivity index (χ4v) is 1.40. The van der Waals surface area contributed by atoms with E-state index in [4.69, 9.17) is 5.73 Å². The minimum Gasteiger partial charge on any atom is -0.326 e. The predicted octanol–water partition coefficient (Wildman–Crippen LogP) is 0.821. The highest BCUT2D eigenvalue weighted by molar-refractivity contribution is 4.92. The van der Waals surface area contributed by atoms with Gasteiger partial charge in [0.05, 0.1) is 7.05 Å². The Labute approximate surface area is 96.9 Å². The van der Waals surface area contributed by atoms with Crippen molar-refractivity contribution in [3.8, 4) is 0 Å². The van der Waals surface area contributed by atoms with Gasteiger partial charge >= 0.3 is 12.4 Å². The van der Waals surface area contributed by atoms with Crippen LogP contribution in [-0.2, 0) is 13.5 Å². The second-order valence-corrected chi connectivity index (χ2v) is 3.62. The average molecular weight is 277 g/mol. The van der Waals surface area contributed by atoms with Crippen molar-refractivity contribution < 1.29 is 26.3 Å². The number of hydrogen-bond donors (Lipinski definition) is 1. The fraction of sp³-hybridized carbons (Fsp3) is 0.857. The molecule has 1 unspecified atom stereocenters. The molecule has 0 aliphatic rings. The van der Waals surface area contributed by atoms with Gasteiger partial charge in [0.15, 0.2) is 11.7 Å². The van der Waals surface area contributed by atoms with E-state index in [9.17, 15) is 26.3 Å². The van der Waals surface area contributed by atoms with Gasteiger partial charge in [-0.15, -0.1) is 10.2 Å². The van der Waals surface area contributed by atoms with Crippen molar-refractivity contribution in [2.75, 3.05) is 0 Å². The molecule has 1 aromatic rings. The minimum atomic E-state index is -5.47. The number of aryl methyl sites for hydroxylation is 1. The van der Waals surface area contributed by atoms with Crippen molar-refractivity contribution in [2.45, 2.75) is 24.8 Å². The van der Waals surface area contributed by atoms with Gasteiger partial charge in [-0.3, -0.25) is 0 Å². The molecule has 1 heterocycles. The van der Waals surface area contributed by atoms with Gasteiger partial charge < -0.3 is 5.73 Å². The van der Waals surface area contributed by atoms with Crippen molar-refractivity contribution in [3.63, 3.8) is 0 Å². The molecule has 5 nitrogen and oxygen atoms in total. The molecule has 0 aliphatic carbocycles. The molecule has 1 rings (SSSR count). The molecule has 104 valence electrons. The molecule has 0 saturated heterocycles. The van der Waals surface area contributed by atoms with Crippen LogP contribution in [0.3, 0.4) is 0 Å².